The molecule has 1 heterocycles. The van der Waals surface area contributed by atoms with Gasteiger partial charge < -0.3 is 9.64 Å². The number of anilines is 1. The Morgan fingerprint density at radius 1 is 1.06 bits per heavy atom. The van der Waals surface area contributed by atoms with Gasteiger partial charge in [0.1, 0.15) is 0 Å². The number of carbonyl (C=O) groups is 1. The van der Waals surface area contributed by atoms with Gasteiger partial charge in [0.25, 0.3) is 5.91 Å². The Labute approximate surface area is 186 Å². The van der Waals surface area contributed by atoms with Crippen LogP contribution in [0.5, 0.6) is 0 Å². The lowest BCUT2D eigenvalue weighted by Crippen LogP contribution is -2.29. The number of benzene rings is 2. The fraction of sp³-hybridized carbons (Fsp3) is 0.385. The van der Waals surface area contributed by atoms with Crippen LogP contribution in [-0.2, 0) is 9.53 Å². The van der Waals surface area contributed by atoms with Crippen LogP contribution in [0.15, 0.2) is 65.3 Å². The Balaban J connectivity index is 1.75. The van der Waals surface area contributed by atoms with Crippen molar-refractivity contribution in [1.29, 1.82) is 0 Å². The number of amides is 1. The first-order valence-corrected chi connectivity index (χ1v) is 11.3. The van der Waals surface area contributed by atoms with Crippen LogP contribution in [0.3, 0.4) is 0 Å². The van der Waals surface area contributed by atoms with Crippen molar-refractivity contribution in [2.24, 2.45) is 10.9 Å². The average molecular weight is 420 g/mol. The molecule has 164 valence electrons. The summed E-state index contributed by atoms with van der Waals surface area (Å²) in [6, 6.07) is 18.1. The van der Waals surface area contributed by atoms with Crippen molar-refractivity contribution >= 4 is 29.4 Å². The van der Waals surface area contributed by atoms with E-state index < -0.39 is 0 Å². The number of likely N-dealkylation sites (N-methyl/N-ethyl adjacent to an activating group) is 1. The van der Waals surface area contributed by atoms with Crippen LogP contribution in [0.2, 0.25) is 0 Å². The first-order valence-electron chi connectivity index (χ1n) is 11.3. The van der Waals surface area contributed by atoms with E-state index in [2.05, 4.69) is 42.8 Å². The molecule has 1 unspecified atom stereocenters. The van der Waals surface area contributed by atoms with Crippen LogP contribution in [0.1, 0.15) is 46.1 Å². The van der Waals surface area contributed by atoms with Gasteiger partial charge >= 0.3 is 6.02 Å². The molecular formula is C26H33N3O2. The van der Waals surface area contributed by atoms with Crippen LogP contribution < -0.4 is 4.90 Å². The molecule has 3 rings (SSSR count). The third-order valence-corrected chi connectivity index (χ3v) is 5.71. The minimum Gasteiger partial charge on any atom is -0.419 e. The Hall–Kier alpha value is -3.08. The Bertz CT molecular complexity index is 919. The summed E-state index contributed by atoms with van der Waals surface area (Å²) < 4.78 is 5.84. The number of carbonyl (C=O) groups excluding carboxylic acids is 1. The predicted octanol–water partition coefficient (Wildman–Crippen LogP) is 5.86. The fourth-order valence-corrected chi connectivity index (χ4v) is 3.47. The van der Waals surface area contributed by atoms with Crippen molar-refractivity contribution < 1.29 is 9.53 Å². The van der Waals surface area contributed by atoms with E-state index >= 15 is 0 Å². The van der Waals surface area contributed by atoms with Gasteiger partial charge in [0.05, 0.1) is 5.69 Å². The lowest BCUT2D eigenvalue weighted by molar-refractivity contribution is -0.122. The van der Waals surface area contributed by atoms with Gasteiger partial charge in [0.15, 0.2) is 5.76 Å². The molecule has 0 N–H and O–H groups in total. The van der Waals surface area contributed by atoms with Gasteiger partial charge in [-0.25, -0.2) is 0 Å². The molecule has 2 aromatic carbocycles. The number of hydrogen-bond donors (Lipinski definition) is 0. The van der Waals surface area contributed by atoms with E-state index in [-0.39, 0.29) is 5.91 Å². The molecule has 5 heteroatoms. The minimum absolute atomic E-state index is 0.162. The molecule has 0 bridgehead atoms. The Morgan fingerprint density at radius 2 is 1.77 bits per heavy atom. The standard InChI is InChI=1S/C26H33N3O2/c1-5-20(4)17-18-28(6-2)23-15-13-21(14-16-23)19-24-25(30)29(7-3)26(31-24)27-22-11-9-8-10-12-22/h8-16,19-20H,5-7,17-18H2,1-4H3/b24-19+,27-26?. The highest BCUT2D eigenvalue weighted by Gasteiger charge is 2.33. The molecule has 5 nitrogen and oxygen atoms in total. The van der Waals surface area contributed by atoms with E-state index in [1.807, 2.05) is 49.4 Å². The maximum absolute atomic E-state index is 12.8. The lowest BCUT2D eigenvalue weighted by Gasteiger charge is -2.24. The van der Waals surface area contributed by atoms with Gasteiger partial charge in [0, 0.05) is 25.3 Å². The quantitative estimate of drug-likeness (QED) is 0.479. The predicted molar refractivity (Wildman–Crippen MR) is 128 cm³/mol. The number of rotatable bonds is 9. The summed E-state index contributed by atoms with van der Waals surface area (Å²) >= 11 is 0. The molecule has 0 aliphatic carbocycles. The lowest BCUT2D eigenvalue weighted by atomic mass is 10.0. The first-order chi connectivity index (χ1) is 15.0. The Kier molecular flexibility index (Phi) is 7.88. The van der Waals surface area contributed by atoms with E-state index in [0.717, 1.165) is 30.3 Å². The van der Waals surface area contributed by atoms with E-state index in [4.69, 9.17) is 4.74 Å². The van der Waals surface area contributed by atoms with Crippen molar-refractivity contribution in [1.82, 2.24) is 4.90 Å². The van der Waals surface area contributed by atoms with Crippen molar-refractivity contribution in [3.8, 4) is 0 Å². The molecule has 0 spiro atoms. The molecule has 0 saturated carbocycles. The van der Waals surface area contributed by atoms with Crippen LogP contribution >= 0.6 is 0 Å². The summed E-state index contributed by atoms with van der Waals surface area (Å²) in [4.78, 5) is 21.2. The van der Waals surface area contributed by atoms with Crippen molar-refractivity contribution in [3.05, 3.63) is 65.9 Å². The summed E-state index contributed by atoms with van der Waals surface area (Å²) in [7, 11) is 0. The summed E-state index contributed by atoms with van der Waals surface area (Å²) in [5, 5.41) is 0. The third-order valence-electron chi connectivity index (χ3n) is 5.71. The summed E-state index contributed by atoms with van der Waals surface area (Å²) in [6.07, 6.45) is 4.19. The van der Waals surface area contributed by atoms with Crippen LogP contribution in [0.25, 0.3) is 6.08 Å². The smallest absolute Gasteiger partial charge is 0.305 e. The molecule has 2 aromatic rings. The van der Waals surface area contributed by atoms with Crippen molar-refractivity contribution in [3.63, 3.8) is 0 Å². The highest BCUT2D eigenvalue weighted by molar-refractivity contribution is 6.11. The fourth-order valence-electron chi connectivity index (χ4n) is 3.47. The minimum atomic E-state index is -0.162. The highest BCUT2D eigenvalue weighted by atomic mass is 16.5. The zero-order chi connectivity index (χ0) is 22.2. The van der Waals surface area contributed by atoms with Crippen LogP contribution in [0.4, 0.5) is 11.4 Å². The maximum atomic E-state index is 12.8. The molecule has 1 saturated heterocycles. The van der Waals surface area contributed by atoms with Gasteiger partial charge in [-0.3, -0.25) is 9.69 Å². The van der Waals surface area contributed by atoms with Gasteiger partial charge in [-0.2, -0.15) is 4.99 Å². The van der Waals surface area contributed by atoms with E-state index in [9.17, 15) is 4.79 Å². The van der Waals surface area contributed by atoms with Crippen molar-refractivity contribution in [2.75, 3.05) is 24.5 Å². The van der Waals surface area contributed by atoms with Gasteiger partial charge in [-0.05, 0) is 62.1 Å². The number of hydrogen-bond acceptors (Lipinski definition) is 4. The normalized spacial score (nSPS) is 17.3. The van der Waals surface area contributed by atoms with Gasteiger partial charge in [-0.15, -0.1) is 0 Å². The summed E-state index contributed by atoms with van der Waals surface area (Å²) in [5.74, 6) is 0.871. The van der Waals surface area contributed by atoms with Crippen LogP contribution in [-0.4, -0.2) is 36.5 Å². The topological polar surface area (TPSA) is 45.1 Å². The average Bonchev–Trinajstić information content (AvgIpc) is 3.09. The second kappa shape index (κ2) is 10.8. The number of ether oxygens (including phenoxy) is 1. The van der Waals surface area contributed by atoms with Gasteiger partial charge in [0.2, 0.25) is 0 Å². The second-order valence-corrected chi connectivity index (χ2v) is 7.86. The number of nitrogens with zero attached hydrogens (tertiary/aromatic N) is 3. The molecule has 1 fully saturated rings. The molecule has 1 amide bonds. The maximum Gasteiger partial charge on any atom is 0.305 e. The van der Waals surface area contributed by atoms with Crippen molar-refractivity contribution in [2.45, 2.75) is 40.5 Å². The van der Waals surface area contributed by atoms with Gasteiger partial charge in [-0.1, -0.05) is 50.6 Å². The number of amidine groups is 1. The summed E-state index contributed by atoms with van der Waals surface area (Å²) in [5.41, 5.74) is 2.89. The largest absolute Gasteiger partial charge is 0.419 e. The molecular weight excluding hydrogens is 386 g/mol. The molecule has 0 radical (unpaired) electrons. The summed E-state index contributed by atoms with van der Waals surface area (Å²) in [6.45, 7) is 11.2. The molecule has 1 aliphatic heterocycles. The van der Waals surface area contributed by atoms with E-state index in [0.29, 0.717) is 18.3 Å². The van der Waals surface area contributed by atoms with E-state index in [1.54, 1.807) is 11.0 Å². The number of aliphatic imine (C=N–C) groups is 1. The zero-order valence-electron chi connectivity index (χ0n) is 19.0. The SMILES string of the molecule is CCC(C)CCN(CC)c1ccc(/C=C2/OC(=Nc3ccccc3)N(CC)C2=O)cc1. The van der Waals surface area contributed by atoms with E-state index in [1.165, 1.54) is 18.5 Å². The molecule has 1 atom stereocenters. The second-order valence-electron chi connectivity index (χ2n) is 7.86. The number of para-hydroxylation sites is 1. The first kappa shape index (κ1) is 22.6. The van der Waals surface area contributed by atoms with Crippen LogP contribution in [0, 0.1) is 5.92 Å². The third kappa shape index (κ3) is 5.75. The highest BCUT2D eigenvalue weighted by Crippen LogP contribution is 2.24. The molecule has 1 aliphatic rings. The Morgan fingerprint density at radius 3 is 2.39 bits per heavy atom. The zero-order valence-corrected chi connectivity index (χ0v) is 19.0. The molecule has 31 heavy (non-hydrogen) atoms. The molecule has 0 aromatic heterocycles. The monoisotopic (exact) mass is 419 g/mol.